The summed E-state index contributed by atoms with van der Waals surface area (Å²) < 4.78 is 10.8. The van der Waals surface area contributed by atoms with Gasteiger partial charge < -0.3 is 0 Å². The van der Waals surface area contributed by atoms with Crippen LogP contribution in [0.2, 0.25) is 0 Å². The van der Waals surface area contributed by atoms with Crippen LogP contribution in [0.25, 0.3) is 0 Å². The van der Waals surface area contributed by atoms with E-state index in [1.165, 1.54) is 0 Å². The zero-order valence-corrected chi connectivity index (χ0v) is 7.75. The Balaban J connectivity index is 3.30. The highest BCUT2D eigenvalue weighted by molar-refractivity contribution is 7.44. The monoisotopic (exact) mass is 201 g/mol. The molecule has 0 aromatic heterocycles. The van der Waals surface area contributed by atoms with Crippen LogP contribution in [0.4, 0.5) is 0 Å². The summed E-state index contributed by atoms with van der Waals surface area (Å²) in [6.07, 6.45) is 1.03. The molecule has 0 bridgehead atoms. The third-order valence-corrected chi connectivity index (χ3v) is 2.98. The van der Waals surface area contributed by atoms with Gasteiger partial charge in [0.1, 0.15) is 0 Å². The molecule has 10 heavy (non-hydrogen) atoms. The molecule has 58 valence electrons. The van der Waals surface area contributed by atoms with Crippen molar-refractivity contribution < 1.29 is 9.36 Å². The molecule has 0 N–H and O–H groups in total. The Morgan fingerprint density at radius 1 is 1.40 bits per heavy atom. The highest BCUT2D eigenvalue weighted by Gasteiger charge is 2.14. The number of carbonyl (C=O) groups is 1. The van der Waals surface area contributed by atoms with Gasteiger partial charge in [0.15, 0.2) is 12.3 Å². The van der Waals surface area contributed by atoms with Crippen LogP contribution in [-0.2, 0) is 9.36 Å². The highest BCUT2D eigenvalue weighted by Crippen LogP contribution is 2.21. The third-order valence-electron chi connectivity index (χ3n) is 0.892. The predicted octanol–water partition coefficient (Wildman–Crippen LogP) is 2.21. The molecule has 0 aromatic rings. The molecule has 0 rings (SSSR count). The summed E-state index contributed by atoms with van der Waals surface area (Å²) in [5, 5.41) is -0.432. The predicted molar refractivity (Wildman–Crippen MR) is 43.5 cm³/mol. The van der Waals surface area contributed by atoms with Crippen LogP contribution in [0.15, 0.2) is 0 Å². The van der Waals surface area contributed by atoms with Crippen molar-refractivity contribution in [3.8, 4) is 0 Å². The van der Waals surface area contributed by atoms with Gasteiger partial charge in [-0.3, -0.25) is 4.79 Å². The summed E-state index contributed by atoms with van der Waals surface area (Å²) in [6.45, 7) is 0. The summed E-state index contributed by atoms with van der Waals surface area (Å²) in [7, 11) is -1.30. The zero-order chi connectivity index (χ0) is 7.98. The average Bonchev–Trinajstić information content (AvgIpc) is 1.85. The van der Waals surface area contributed by atoms with E-state index in [0.29, 0.717) is 18.2 Å². The molecule has 0 fully saturated rings. The summed E-state index contributed by atoms with van der Waals surface area (Å²) in [5.41, 5.74) is 0. The molecule has 0 radical (unpaired) electrons. The Morgan fingerprint density at radius 3 is 2.40 bits per heavy atom. The molecule has 0 heterocycles. The first-order chi connectivity index (χ1) is 4.66. The number of hydrogen-bond acceptors (Lipinski definition) is 2. The van der Waals surface area contributed by atoms with Crippen molar-refractivity contribution in [3.63, 3.8) is 0 Å². The van der Waals surface area contributed by atoms with E-state index in [9.17, 15) is 9.36 Å². The fourth-order valence-corrected chi connectivity index (χ4v) is 2.08. The van der Waals surface area contributed by atoms with E-state index in [1.54, 1.807) is 0 Å². The molecular weight excluding hydrogens is 194 g/mol. The summed E-state index contributed by atoms with van der Waals surface area (Å²) in [6, 6.07) is 0. The Labute approximate surface area is 70.7 Å². The molecule has 1 unspecified atom stereocenters. The molecule has 1 atom stereocenters. The smallest absolute Gasteiger partial charge is 0.281 e. The lowest BCUT2D eigenvalue weighted by Crippen LogP contribution is -1.90. The molecule has 0 saturated heterocycles. The molecule has 0 saturated carbocycles. The maximum Gasteiger partial charge on any atom is 0.340 e. The van der Waals surface area contributed by atoms with Gasteiger partial charge in [-0.15, -0.1) is 11.6 Å². The van der Waals surface area contributed by atoms with Crippen molar-refractivity contribution in [1.29, 1.82) is 0 Å². The van der Waals surface area contributed by atoms with Gasteiger partial charge in [0, 0.05) is 0 Å². The highest BCUT2D eigenvalue weighted by atomic mass is 35.5. The fraction of sp³-hybridized carbons (Fsp3) is 0.800. The van der Waals surface area contributed by atoms with Crippen LogP contribution in [0.5, 0.6) is 0 Å². The summed E-state index contributed by atoms with van der Waals surface area (Å²) in [5.74, 6) is 0.381. The molecule has 0 aromatic carbocycles. The number of carbonyl (C=O) groups excluding carboxylic acids is 1. The average molecular weight is 202 g/mol. The van der Waals surface area contributed by atoms with Crippen molar-refractivity contribution in [2.24, 2.45) is 0 Å². The van der Waals surface area contributed by atoms with Crippen LogP contribution in [-0.4, -0.2) is 23.4 Å². The van der Waals surface area contributed by atoms with E-state index in [-0.39, 0.29) is 6.42 Å². The number of rotatable bonds is 5. The van der Waals surface area contributed by atoms with E-state index < -0.39 is 13.0 Å². The van der Waals surface area contributed by atoms with E-state index in [2.05, 4.69) is 0 Å². The minimum Gasteiger partial charge on any atom is -0.281 e. The molecule has 5 heteroatoms. The number of halogens is 2. The van der Waals surface area contributed by atoms with E-state index in [0.717, 1.165) is 0 Å². The van der Waals surface area contributed by atoms with Gasteiger partial charge in [0.25, 0.3) is 0 Å². The second-order valence-electron chi connectivity index (χ2n) is 1.72. The van der Waals surface area contributed by atoms with Gasteiger partial charge in [0.2, 0.25) is 5.24 Å². The molecular formula is C5H8Cl2O2P+. The first kappa shape index (κ1) is 10.3. The fourth-order valence-electron chi connectivity index (χ4n) is 0.419. The largest absolute Gasteiger partial charge is 0.340 e. The lowest BCUT2D eigenvalue weighted by Gasteiger charge is -1.81. The molecule has 0 spiro atoms. The second kappa shape index (κ2) is 6.09. The van der Waals surface area contributed by atoms with E-state index in [1.807, 2.05) is 0 Å². The summed E-state index contributed by atoms with van der Waals surface area (Å²) >= 11 is 10.3. The van der Waals surface area contributed by atoms with Crippen molar-refractivity contribution >= 4 is 36.2 Å². The van der Waals surface area contributed by atoms with Gasteiger partial charge in [-0.2, -0.15) is 0 Å². The number of hydrogen-bond donors (Lipinski definition) is 0. The normalized spacial score (nSPS) is 11.2. The van der Waals surface area contributed by atoms with Crippen LogP contribution < -0.4 is 0 Å². The van der Waals surface area contributed by atoms with Crippen molar-refractivity contribution in [3.05, 3.63) is 0 Å². The van der Waals surface area contributed by atoms with Gasteiger partial charge >= 0.3 is 7.80 Å². The molecule has 0 aliphatic heterocycles. The van der Waals surface area contributed by atoms with Crippen LogP contribution >= 0.6 is 31.0 Å². The molecule has 0 aliphatic carbocycles. The Morgan fingerprint density at radius 2 is 2.00 bits per heavy atom. The van der Waals surface area contributed by atoms with E-state index >= 15 is 0 Å². The maximum atomic E-state index is 10.8. The van der Waals surface area contributed by atoms with Crippen molar-refractivity contribution in [2.45, 2.75) is 6.42 Å². The quantitative estimate of drug-likeness (QED) is 0.389. The van der Waals surface area contributed by atoms with Crippen molar-refractivity contribution in [1.82, 2.24) is 0 Å². The maximum absolute atomic E-state index is 10.8. The van der Waals surface area contributed by atoms with Crippen molar-refractivity contribution in [2.75, 3.05) is 18.2 Å². The Hall–Kier alpha value is 0.350. The minimum absolute atomic E-state index is 0.188. The lowest BCUT2D eigenvalue weighted by molar-refractivity contribution is -0.111. The van der Waals surface area contributed by atoms with Crippen LogP contribution in [0.1, 0.15) is 6.42 Å². The Kier molecular flexibility index (Phi) is 6.30. The first-order valence-corrected chi connectivity index (χ1v) is 5.37. The second-order valence-corrected chi connectivity index (χ2v) is 4.38. The standard InChI is InChI=1S/C5H8Cl2O2P/c6-2-4-10(9)3-1-5(7)8/h1-4H2/q+1. The first-order valence-electron chi connectivity index (χ1n) is 2.83. The third kappa shape index (κ3) is 6.47. The minimum atomic E-state index is -1.30. The summed E-state index contributed by atoms with van der Waals surface area (Å²) in [4.78, 5) is 10.2. The van der Waals surface area contributed by atoms with Gasteiger partial charge in [-0.1, -0.05) is 4.57 Å². The van der Waals surface area contributed by atoms with Crippen LogP contribution in [0.3, 0.4) is 0 Å². The lowest BCUT2D eigenvalue weighted by atomic mass is 10.5. The van der Waals surface area contributed by atoms with Gasteiger partial charge in [-0.25, -0.2) is 0 Å². The zero-order valence-electron chi connectivity index (χ0n) is 5.35. The Bertz CT molecular complexity index is 138. The number of alkyl halides is 1. The SMILES string of the molecule is O=C(Cl)CC[P+](=O)CCCl. The van der Waals surface area contributed by atoms with Crippen LogP contribution in [0, 0.1) is 0 Å². The van der Waals surface area contributed by atoms with E-state index in [4.69, 9.17) is 23.2 Å². The van der Waals surface area contributed by atoms with Gasteiger partial charge in [0.05, 0.1) is 12.3 Å². The molecule has 2 nitrogen and oxygen atoms in total. The topological polar surface area (TPSA) is 34.1 Å². The molecule has 0 amide bonds. The van der Waals surface area contributed by atoms with Gasteiger partial charge in [-0.05, 0) is 11.6 Å². The molecule has 0 aliphatic rings.